The molecule has 0 spiro atoms. The molecule has 0 saturated carbocycles. The van der Waals surface area contributed by atoms with Crippen LogP contribution < -0.4 is 0 Å². The van der Waals surface area contributed by atoms with Gasteiger partial charge in [-0.3, -0.25) is 0 Å². The molecule has 0 fully saturated rings. The standard InChI is InChI=1S/C21H22F4N2S/c1-5-27(4)12-26-19-10-13(2)15(9-14(19)3)16(21(24)25)11-28-20-17(22)7-6-8-18(20)23/h6-10,12H,5,11H2,1-4H3. The molecule has 28 heavy (non-hydrogen) atoms. The first kappa shape index (κ1) is 22.0. The minimum absolute atomic E-state index is 0.241. The Balaban J connectivity index is 2.33. The van der Waals surface area contributed by atoms with E-state index in [0.717, 1.165) is 24.2 Å². The second-order valence-corrected chi connectivity index (χ2v) is 7.34. The maximum atomic E-state index is 13.8. The average molecular weight is 410 g/mol. The summed E-state index contributed by atoms with van der Waals surface area (Å²) in [5.74, 6) is -1.77. The Morgan fingerprint density at radius 1 is 1.11 bits per heavy atom. The fourth-order valence-corrected chi connectivity index (χ4v) is 3.47. The van der Waals surface area contributed by atoms with E-state index in [9.17, 15) is 17.6 Å². The zero-order chi connectivity index (χ0) is 20.8. The first-order valence-electron chi connectivity index (χ1n) is 8.71. The highest BCUT2D eigenvalue weighted by Crippen LogP contribution is 2.35. The maximum absolute atomic E-state index is 13.8. The fourth-order valence-electron chi connectivity index (χ4n) is 2.51. The predicted molar refractivity (Wildman–Crippen MR) is 109 cm³/mol. The molecule has 150 valence electrons. The normalized spacial score (nSPS) is 11.1. The fraction of sp³-hybridized carbons (Fsp3) is 0.286. The third-order valence-electron chi connectivity index (χ3n) is 4.27. The molecular weight excluding hydrogens is 388 g/mol. The van der Waals surface area contributed by atoms with Gasteiger partial charge >= 0.3 is 0 Å². The van der Waals surface area contributed by atoms with Crippen molar-refractivity contribution in [3.8, 4) is 0 Å². The van der Waals surface area contributed by atoms with E-state index >= 15 is 0 Å². The Bertz CT molecular complexity index is 885. The number of halogens is 4. The van der Waals surface area contributed by atoms with Gasteiger partial charge in [-0.15, -0.1) is 11.8 Å². The molecule has 0 amide bonds. The molecule has 0 unspecified atom stereocenters. The zero-order valence-electron chi connectivity index (χ0n) is 16.2. The van der Waals surface area contributed by atoms with Crippen LogP contribution in [0.4, 0.5) is 23.2 Å². The van der Waals surface area contributed by atoms with Crippen molar-refractivity contribution in [1.29, 1.82) is 0 Å². The lowest BCUT2D eigenvalue weighted by Crippen LogP contribution is -2.14. The number of hydrogen-bond donors (Lipinski definition) is 0. The first-order valence-corrected chi connectivity index (χ1v) is 9.70. The summed E-state index contributed by atoms with van der Waals surface area (Å²) < 4.78 is 54.9. The van der Waals surface area contributed by atoms with Gasteiger partial charge in [-0.25, -0.2) is 13.8 Å². The summed E-state index contributed by atoms with van der Waals surface area (Å²) in [6, 6.07) is 6.83. The topological polar surface area (TPSA) is 15.6 Å². The highest BCUT2D eigenvalue weighted by Gasteiger charge is 2.17. The SMILES string of the molecule is CCN(C)C=Nc1cc(C)c(C(CSc2c(F)cccc2F)=C(F)F)cc1C. The summed E-state index contributed by atoms with van der Waals surface area (Å²) in [6.07, 6.45) is -0.182. The van der Waals surface area contributed by atoms with Crippen molar-refractivity contribution in [3.05, 3.63) is 64.7 Å². The molecule has 0 aliphatic heterocycles. The largest absolute Gasteiger partial charge is 0.366 e. The minimum Gasteiger partial charge on any atom is -0.366 e. The third kappa shape index (κ3) is 5.38. The summed E-state index contributed by atoms with van der Waals surface area (Å²) in [6.45, 7) is 6.29. The molecule has 0 radical (unpaired) electrons. The number of aryl methyl sites for hydroxylation is 2. The van der Waals surface area contributed by atoms with Crippen LogP contribution in [0, 0.1) is 25.5 Å². The first-order chi connectivity index (χ1) is 13.2. The summed E-state index contributed by atoms with van der Waals surface area (Å²) >= 11 is 0.717. The Morgan fingerprint density at radius 2 is 1.75 bits per heavy atom. The molecule has 2 aromatic carbocycles. The molecule has 0 aliphatic rings. The van der Waals surface area contributed by atoms with E-state index in [1.807, 2.05) is 18.9 Å². The summed E-state index contributed by atoms with van der Waals surface area (Å²) in [4.78, 5) is 6.03. The molecule has 0 heterocycles. The Hall–Kier alpha value is -2.28. The van der Waals surface area contributed by atoms with Crippen LogP contribution in [0.5, 0.6) is 0 Å². The number of thioether (sulfide) groups is 1. The number of nitrogens with zero attached hydrogens (tertiary/aromatic N) is 2. The average Bonchev–Trinajstić information content (AvgIpc) is 2.64. The molecule has 2 aromatic rings. The van der Waals surface area contributed by atoms with Gasteiger partial charge in [-0.1, -0.05) is 6.07 Å². The van der Waals surface area contributed by atoms with Crippen LogP contribution in [0.1, 0.15) is 23.6 Å². The third-order valence-corrected chi connectivity index (χ3v) is 5.38. The van der Waals surface area contributed by atoms with E-state index < -0.39 is 17.7 Å². The molecule has 0 bridgehead atoms. The van der Waals surface area contributed by atoms with Gasteiger partial charge in [0.2, 0.25) is 0 Å². The highest BCUT2D eigenvalue weighted by atomic mass is 32.2. The van der Waals surface area contributed by atoms with E-state index in [-0.39, 0.29) is 16.2 Å². The van der Waals surface area contributed by atoms with Crippen LogP contribution in [0.25, 0.3) is 5.57 Å². The van der Waals surface area contributed by atoms with Crippen LogP contribution in [-0.4, -0.2) is 30.6 Å². The monoisotopic (exact) mass is 410 g/mol. The van der Waals surface area contributed by atoms with Crippen molar-refractivity contribution in [2.75, 3.05) is 19.3 Å². The minimum atomic E-state index is -1.87. The lowest BCUT2D eigenvalue weighted by atomic mass is 9.99. The van der Waals surface area contributed by atoms with Gasteiger partial charge in [0, 0.05) is 24.9 Å². The molecule has 0 aliphatic carbocycles. The van der Waals surface area contributed by atoms with Crippen LogP contribution in [0.15, 0.2) is 46.3 Å². The van der Waals surface area contributed by atoms with Crippen molar-refractivity contribution in [2.45, 2.75) is 25.7 Å². The van der Waals surface area contributed by atoms with Crippen molar-refractivity contribution >= 4 is 29.4 Å². The molecule has 0 saturated heterocycles. The Kier molecular flexibility index (Phi) is 7.69. The molecule has 7 heteroatoms. The zero-order valence-corrected chi connectivity index (χ0v) is 17.0. The summed E-state index contributed by atoms with van der Waals surface area (Å²) in [5.41, 5.74) is 2.16. The van der Waals surface area contributed by atoms with Crippen molar-refractivity contribution in [2.24, 2.45) is 4.99 Å². The highest BCUT2D eigenvalue weighted by molar-refractivity contribution is 7.99. The smallest absolute Gasteiger partial charge is 0.274 e. The van der Waals surface area contributed by atoms with Crippen LogP contribution >= 0.6 is 11.8 Å². The van der Waals surface area contributed by atoms with Crippen molar-refractivity contribution in [3.63, 3.8) is 0 Å². The van der Waals surface area contributed by atoms with E-state index in [1.165, 1.54) is 6.07 Å². The second kappa shape index (κ2) is 9.78. The van der Waals surface area contributed by atoms with E-state index in [1.54, 1.807) is 32.3 Å². The van der Waals surface area contributed by atoms with E-state index in [2.05, 4.69) is 4.99 Å². The molecule has 0 N–H and O–H groups in total. The van der Waals surface area contributed by atoms with Crippen LogP contribution in [-0.2, 0) is 0 Å². The molecule has 2 rings (SSSR count). The Labute approximate surface area is 167 Å². The summed E-state index contributed by atoms with van der Waals surface area (Å²) in [7, 11) is 1.89. The number of benzene rings is 2. The van der Waals surface area contributed by atoms with Crippen LogP contribution in [0.3, 0.4) is 0 Å². The van der Waals surface area contributed by atoms with Crippen LogP contribution in [0.2, 0.25) is 0 Å². The molecule has 2 nitrogen and oxygen atoms in total. The van der Waals surface area contributed by atoms with Crippen molar-refractivity contribution < 1.29 is 17.6 Å². The van der Waals surface area contributed by atoms with Gasteiger partial charge in [0.05, 0.1) is 16.9 Å². The number of hydrogen-bond acceptors (Lipinski definition) is 2. The lowest BCUT2D eigenvalue weighted by Gasteiger charge is -2.14. The van der Waals surface area contributed by atoms with Gasteiger partial charge in [-0.2, -0.15) is 8.78 Å². The Morgan fingerprint density at radius 3 is 2.32 bits per heavy atom. The van der Waals surface area contributed by atoms with Gasteiger partial charge in [-0.05, 0) is 61.7 Å². The van der Waals surface area contributed by atoms with Gasteiger partial charge in [0.15, 0.2) is 0 Å². The lowest BCUT2D eigenvalue weighted by molar-refractivity contribution is 0.425. The van der Waals surface area contributed by atoms with Gasteiger partial charge < -0.3 is 4.90 Å². The molecular formula is C21H22F4N2S. The quantitative estimate of drug-likeness (QED) is 0.221. The number of aliphatic imine (C=N–C) groups is 1. The maximum Gasteiger partial charge on any atom is 0.274 e. The number of rotatable bonds is 7. The molecule has 0 atom stereocenters. The van der Waals surface area contributed by atoms with Gasteiger partial charge in [0.25, 0.3) is 6.08 Å². The van der Waals surface area contributed by atoms with E-state index in [0.29, 0.717) is 28.6 Å². The second-order valence-electron chi connectivity index (χ2n) is 6.35. The van der Waals surface area contributed by atoms with Gasteiger partial charge in [0.1, 0.15) is 11.6 Å². The summed E-state index contributed by atoms with van der Waals surface area (Å²) in [5, 5.41) is 0. The predicted octanol–water partition coefficient (Wildman–Crippen LogP) is 6.59. The van der Waals surface area contributed by atoms with E-state index in [4.69, 9.17) is 0 Å². The molecule has 0 aromatic heterocycles. The van der Waals surface area contributed by atoms with Crippen molar-refractivity contribution in [1.82, 2.24) is 4.90 Å².